The van der Waals surface area contributed by atoms with Crippen LogP contribution in [-0.2, 0) is 10.8 Å². The highest BCUT2D eigenvalue weighted by Gasteiger charge is 2.22. The lowest BCUT2D eigenvalue weighted by Gasteiger charge is -2.14. The Labute approximate surface area is 107 Å². The van der Waals surface area contributed by atoms with E-state index >= 15 is 0 Å². The average Bonchev–Trinajstić information content (AvgIpc) is 2.25. The molecule has 1 aromatic carbocycles. The second-order valence-electron chi connectivity index (χ2n) is 4.61. The van der Waals surface area contributed by atoms with Crippen LogP contribution in [0.1, 0.15) is 20.3 Å². The molecule has 0 saturated heterocycles. The zero-order valence-electron chi connectivity index (χ0n) is 10.2. The van der Waals surface area contributed by atoms with Crippen LogP contribution in [0.25, 0.3) is 0 Å². The Morgan fingerprint density at radius 2 is 1.89 bits per heavy atom. The molecule has 0 spiro atoms. The van der Waals surface area contributed by atoms with Gasteiger partial charge in [0.1, 0.15) is 16.5 Å². The molecule has 0 aliphatic rings. The van der Waals surface area contributed by atoms with Crippen molar-refractivity contribution < 1.29 is 13.0 Å². The Bertz CT molecular complexity index is 500. The minimum Gasteiger partial charge on any atom is -0.399 e. The Balaban J connectivity index is 2.90. The summed E-state index contributed by atoms with van der Waals surface area (Å²) in [7, 11) is -1.82. The van der Waals surface area contributed by atoms with E-state index in [1.807, 2.05) is 6.07 Å². The third kappa shape index (κ3) is 3.50. The molecule has 98 valence electrons. The molecule has 0 fully saturated rings. The van der Waals surface area contributed by atoms with Gasteiger partial charge < -0.3 is 5.73 Å². The van der Waals surface area contributed by atoms with E-state index in [0.29, 0.717) is 6.42 Å². The monoisotopic (exact) mass is 272 g/mol. The van der Waals surface area contributed by atoms with Crippen molar-refractivity contribution >= 4 is 16.5 Å². The third-order valence-electron chi connectivity index (χ3n) is 2.46. The lowest BCUT2D eigenvalue weighted by atomic mass is 9.93. The van der Waals surface area contributed by atoms with E-state index < -0.39 is 32.7 Å². The predicted molar refractivity (Wildman–Crippen MR) is 66.1 cm³/mol. The summed E-state index contributed by atoms with van der Waals surface area (Å²) in [6.45, 7) is 3.36. The predicted octanol–water partition coefficient (Wildman–Crippen LogP) is 2.59. The molecular weight excluding hydrogens is 258 g/mol. The first-order valence-electron chi connectivity index (χ1n) is 5.31. The van der Waals surface area contributed by atoms with E-state index in [-0.39, 0.29) is 11.4 Å². The quantitative estimate of drug-likeness (QED) is 0.857. The van der Waals surface area contributed by atoms with Gasteiger partial charge in [0.15, 0.2) is 0 Å². The molecule has 0 aliphatic heterocycles. The zero-order valence-corrected chi connectivity index (χ0v) is 11.0. The number of nitriles is 1. The van der Waals surface area contributed by atoms with E-state index in [0.717, 1.165) is 12.1 Å². The van der Waals surface area contributed by atoms with Crippen LogP contribution in [0, 0.1) is 28.4 Å². The molecule has 3 nitrogen and oxygen atoms in total. The van der Waals surface area contributed by atoms with E-state index in [1.165, 1.54) is 0 Å². The molecule has 0 saturated carbocycles. The summed E-state index contributed by atoms with van der Waals surface area (Å²) in [5.74, 6) is -1.81. The van der Waals surface area contributed by atoms with Crippen molar-refractivity contribution in [1.29, 1.82) is 5.26 Å². The van der Waals surface area contributed by atoms with Gasteiger partial charge in [0.2, 0.25) is 0 Å². The van der Waals surface area contributed by atoms with E-state index in [1.54, 1.807) is 13.8 Å². The largest absolute Gasteiger partial charge is 0.399 e. The van der Waals surface area contributed by atoms with E-state index in [4.69, 9.17) is 11.0 Å². The first kappa shape index (κ1) is 14.6. The highest BCUT2D eigenvalue weighted by Crippen LogP contribution is 2.24. The van der Waals surface area contributed by atoms with Crippen LogP contribution in [0.4, 0.5) is 14.5 Å². The van der Waals surface area contributed by atoms with Gasteiger partial charge in [-0.3, -0.25) is 4.21 Å². The van der Waals surface area contributed by atoms with Crippen LogP contribution >= 0.6 is 0 Å². The van der Waals surface area contributed by atoms with Gasteiger partial charge in [-0.2, -0.15) is 5.26 Å². The Morgan fingerprint density at radius 3 is 2.33 bits per heavy atom. The molecule has 6 heteroatoms. The van der Waals surface area contributed by atoms with Gasteiger partial charge >= 0.3 is 0 Å². The van der Waals surface area contributed by atoms with Gasteiger partial charge in [0.25, 0.3) is 0 Å². The first-order chi connectivity index (χ1) is 8.26. The second kappa shape index (κ2) is 5.44. The minimum absolute atomic E-state index is 0.0261. The van der Waals surface area contributed by atoms with Crippen molar-refractivity contribution in [2.45, 2.75) is 25.2 Å². The Hall–Kier alpha value is -1.48. The van der Waals surface area contributed by atoms with Crippen LogP contribution in [0.3, 0.4) is 0 Å². The molecule has 1 rings (SSSR count). The lowest BCUT2D eigenvalue weighted by Crippen LogP contribution is -2.14. The number of rotatable bonds is 4. The molecule has 0 bridgehead atoms. The number of hydrogen-bond donors (Lipinski definition) is 1. The van der Waals surface area contributed by atoms with Gasteiger partial charge in [-0.1, -0.05) is 0 Å². The van der Waals surface area contributed by atoms with E-state index in [9.17, 15) is 13.0 Å². The maximum atomic E-state index is 13.5. The number of nitrogens with zero attached hydrogens (tertiary/aromatic N) is 1. The first-order valence-corrected chi connectivity index (χ1v) is 6.63. The van der Waals surface area contributed by atoms with Crippen LogP contribution in [0.15, 0.2) is 17.0 Å². The van der Waals surface area contributed by atoms with Crippen molar-refractivity contribution in [3.8, 4) is 6.07 Å². The summed E-state index contributed by atoms with van der Waals surface area (Å²) < 4.78 is 38.8. The van der Waals surface area contributed by atoms with Crippen LogP contribution in [0.5, 0.6) is 0 Å². The molecule has 1 unspecified atom stereocenters. The summed E-state index contributed by atoms with van der Waals surface area (Å²) in [6, 6.07) is 3.92. The molecule has 1 atom stereocenters. The minimum atomic E-state index is -1.82. The number of hydrogen-bond acceptors (Lipinski definition) is 3. The van der Waals surface area contributed by atoms with Gasteiger partial charge in [0, 0.05) is 11.4 Å². The number of anilines is 1. The molecule has 0 aliphatic carbocycles. The highest BCUT2D eigenvalue weighted by atomic mass is 32.2. The summed E-state index contributed by atoms with van der Waals surface area (Å²) >= 11 is 0. The zero-order chi connectivity index (χ0) is 13.9. The van der Waals surface area contributed by atoms with Crippen molar-refractivity contribution in [1.82, 2.24) is 0 Å². The highest BCUT2D eigenvalue weighted by molar-refractivity contribution is 7.85. The maximum absolute atomic E-state index is 13.5. The number of benzene rings is 1. The number of nitrogen functional groups attached to an aromatic ring is 1. The van der Waals surface area contributed by atoms with Gasteiger partial charge in [-0.15, -0.1) is 0 Å². The van der Waals surface area contributed by atoms with Crippen molar-refractivity contribution in [2.24, 2.45) is 5.41 Å². The topological polar surface area (TPSA) is 66.9 Å². The van der Waals surface area contributed by atoms with Crippen LogP contribution in [0.2, 0.25) is 0 Å². The Morgan fingerprint density at radius 1 is 1.39 bits per heavy atom. The summed E-state index contributed by atoms with van der Waals surface area (Å²) in [5, 5.41) is 8.81. The summed E-state index contributed by atoms with van der Waals surface area (Å²) in [6.07, 6.45) is 0.291. The number of nitrogens with two attached hydrogens (primary N) is 1. The van der Waals surface area contributed by atoms with Gasteiger partial charge in [-0.05, 0) is 32.4 Å². The standard InChI is InChI=1S/C12H14F2N2OS/c1-12(2,7-15)3-4-18(17)11-9(13)5-8(16)6-10(11)14/h5-6H,3-4,16H2,1-2H3. The maximum Gasteiger partial charge on any atom is 0.144 e. The molecular formula is C12H14F2N2OS. The molecule has 18 heavy (non-hydrogen) atoms. The van der Waals surface area contributed by atoms with Crippen molar-refractivity contribution in [2.75, 3.05) is 11.5 Å². The molecule has 0 amide bonds. The SMILES string of the molecule is CC(C)(C#N)CCS(=O)c1c(F)cc(N)cc1F. The Kier molecular flexibility index (Phi) is 4.41. The fourth-order valence-electron chi connectivity index (χ4n) is 1.30. The fourth-order valence-corrected chi connectivity index (χ4v) is 2.76. The van der Waals surface area contributed by atoms with Crippen LogP contribution in [-0.4, -0.2) is 9.96 Å². The molecule has 0 heterocycles. The summed E-state index contributed by atoms with van der Waals surface area (Å²) in [5.41, 5.74) is 4.55. The molecule has 2 N–H and O–H groups in total. The van der Waals surface area contributed by atoms with Crippen LogP contribution < -0.4 is 5.73 Å². The molecule has 0 radical (unpaired) electrons. The fraction of sp³-hybridized carbons (Fsp3) is 0.417. The molecule has 0 aromatic heterocycles. The van der Waals surface area contributed by atoms with Crippen molar-refractivity contribution in [3.63, 3.8) is 0 Å². The van der Waals surface area contributed by atoms with E-state index in [2.05, 4.69) is 0 Å². The van der Waals surface area contributed by atoms with Gasteiger partial charge in [0.05, 0.1) is 22.3 Å². The normalized spacial score (nSPS) is 13.1. The smallest absolute Gasteiger partial charge is 0.144 e. The average molecular weight is 272 g/mol. The molecule has 1 aromatic rings. The second-order valence-corrected chi connectivity index (χ2v) is 6.12. The lowest BCUT2D eigenvalue weighted by molar-refractivity contribution is 0.477. The third-order valence-corrected chi connectivity index (χ3v) is 3.88. The van der Waals surface area contributed by atoms with Gasteiger partial charge in [-0.25, -0.2) is 8.78 Å². The van der Waals surface area contributed by atoms with Crippen molar-refractivity contribution in [3.05, 3.63) is 23.8 Å². The number of halogens is 2. The summed E-state index contributed by atoms with van der Waals surface area (Å²) in [4.78, 5) is -0.474.